The van der Waals surface area contributed by atoms with Crippen LogP contribution >= 0.6 is 0 Å². The maximum absolute atomic E-state index is 13.1. The fourth-order valence-corrected chi connectivity index (χ4v) is 3.39. The van der Waals surface area contributed by atoms with Crippen LogP contribution in [0.5, 0.6) is 5.75 Å². The molecule has 0 aliphatic carbocycles. The van der Waals surface area contributed by atoms with E-state index in [1.807, 2.05) is 0 Å². The van der Waals surface area contributed by atoms with E-state index in [2.05, 4.69) is 5.32 Å². The van der Waals surface area contributed by atoms with Crippen molar-refractivity contribution in [2.24, 2.45) is 0 Å². The molecule has 0 fully saturated rings. The van der Waals surface area contributed by atoms with E-state index < -0.39 is 51.4 Å². The number of hydrogen-bond acceptors (Lipinski definition) is 4. The molecular weight excluding hydrogens is 490 g/mol. The number of nitrogens with one attached hydrogen (secondary N) is 1. The van der Waals surface area contributed by atoms with Gasteiger partial charge in [-0.05, 0) is 49.2 Å². The summed E-state index contributed by atoms with van der Waals surface area (Å²) in [4.78, 5) is 14.1. The van der Waals surface area contributed by atoms with Crippen molar-refractivity contribution in [3.63, 3.8) is 0 Å². The lowest BCUT2D eigenvalue weighted by molar-refractivity contribution is -0.143. The van der Waals surface area contributed by atoms with Gasteiger partial charge >= 0.3 is 28.5 Å². The molecule has 1 N–H and O–H groups in total. The highest BCUT2D eigenvalue weighted by atomic mass is 32.2. The van der Waals surface area contributed by atoms with E-state index in [9.17, 15) is 39.6 Å². The SMILES string of the molecule is CCC(C)N(Cc1cccc(OS(C)(=O)=O)c1)C(=O)Nc1cc(C(F)(F)F)cc(C(F)(F)F)c1. The van der Waals surface area contributed by atoms with Gasteiger partial charge in [0.15, 0.2) is 0 Å². The van der Waals surface area contributed by atoms with Crippen molar-refractivity contribution in [3.05, 3.63) is 59.2 Å². The van der Waals surface area contributed by atoms with Crippen LogP contribution in [-0.4, -0.2) is 31.6 Å². The summed E-state index contributed by atoms with van der Waals surface area (Å²) in [6.45, 7) is 3.26. The Hall–Kier alpha value is -2.96. The predicted molar refractivity (Wildman–Crippen MR) is 113 cm³/mol. The largest absolute Gasteiger partial charge is 0.416 e. The highest BCUT2D eigenvalue weighted by Gasteiger charge is 2.37. The quantitative estimate of drug-likeness (QED) is 0.371. The molecule has 2 aromatic carbocycles. The van der Waals surface area contributed by atoms with Crippen molar-refractivity contribution >= 4 is 21.8 Å². The minimum absolute atomic E-state index is 0.0165. The summed E-state index contributed by atoms with van der Waals surface area (Å²) < 4.78 is 106. The first kappa shape index (κ1) is 27.3. The second kappa shape index (κ2) is 10.1. The second-order valence-electron chi connectivity index (χ2n) is 7.54. The highest BCUT2D eigenvalue weighted by molar-refractivity contribution is 7.86. The average molecular weight is 512 g/mol. The molecule has 2 aromatic rings. The van der Waals surface area contributed by atoms with Crippen molar-refractivity contribution in [2.45, 2.75) is 45.2 Å². The standard InChI is InChI=1S/C21H22F6N2O4S/c1-4-13(2)29(12-14-6-5-7-18(8-14)33-34(3,31)32)19(30)28-17-10-15(20(22,23)24)9-16(11-17)21(25,26)27/h5-11,13H,4,12H2,1-3H3,(H,28,30). The third-order valence-corrected chi connectivity index (χ3v) is 5.22. The number of amides is 2. The second-order valence-corrected chi connectivity index (χ2v) is 9.12. The van der Waals surface area contributed by atoms with E-state index in [0.717, 1.165) is 6.26 Å². The van der Waals surface area contributed by atoms with Crippen molar-refractivity contribution in [3.8, 4) is 5.75 Å². The van der Waals surface area contributed by atoms with Crippen LogP contribution in [0.4, 0.5) is 36.8 Å². The minimum Gasteiger partial charge on any atom is -0.383 e. The Balaban J connectivity index is 2.36. The predicted octanol–water partition coefficient (Wildman–Crippen LogP) is 5.90. The van der Waals surface area contributed by atoms with Crippen molar-refractivity contribution in [1.82, 2.24) is 4.90 Å². The van der Waals surface area contributed by atoms with E-state index in [1.165, 1.54) is 23.1 Å². The van der Waals surface area contributed by atoms with Crippen LogP contribution in [0.25, 0.3) is 0 Å². The number of hydrogen-bond donors (Lipinski definition) is 1. The van der Waals surface area contributed by atoms with Gasteiger partial charge in [0, 0.05) is 18.3 Å². The van der Waals surface area contributed by atoms with Gasteiger partial charge in [0.05, 0.1) is 17.4 Å². The summed E-state index contributed by atoms with van der Waals surface area (Å²) in [6.07, 6.45) is -8.85. The zero-order valence-electron chi connectivity index (χ0n) is 18.3. The van der Waals surface area contributed by atoms with Crippen LogP contribution < -0.4 is 9.50 Å². The molecule has 0 saturated carbocycles. The summed E-state index contributed by atoms with van der Waals surface area (Å²) in [5, 5.41) is 2.12. The number of alkyl halides is 6. The molecule has 1 unspecified atom stereocenters. The molecule has 34 heavy (non-hydrogen) atoms. The van der Waals surface area contributed by atoms with Crippen LogP contribution in [0.2, 0.25) is 0 Å². The van der Waals surface area contributed by atoms with Gasteiger partial charge < -0.3 is 14.4 Å². The Bertz CT molecular complexity index is 1100. The lowest BCUT2D eigenvalue weighted by Gasteiger charge is -2.29. The molecule has 2 rings (SSSR count). The van der Waals surface area contributed by atoms with Gasteiger partial charge in [-0.25, -0.2) is 4.79 Å². The molecule has 2 amide bonds. The van der Waals surface area contributed by atoms with Crippen molar-refractivity contribution in [1.29, 1.82) is 0 Å². The number of rotatable bonds is 7. The first-order valence-electron chi connectivity index (χ1n) is 9.85. The molecule has 13 heteroatoms. The van der Waals surface area contributed by atoms with E-state index in [-0.39, 0.29) is 18.4 Å². The van der Waals surface area contributed by atoms with E-state index in [1.54, 1.807) is 19.9 Å². The fraction of sp³-hybridized carbons (Fsp3) is 0.381. The Morgan fingerprint density at radius 3 is 2.06 bits per heavy atom. The van der Waals surface area contributed by atoms with E-state index >= 15 is 0 Å². The van der Waals surface area contributed by atoms with Crippen LogP contribution in [0.3, 0.4) is 0 Å². The lowest BCUT2D eigenvalue weighted by Crippen LogP contribution is -2.40. The maximum Gasteiger partial charge on any atom is 0.416 e. The summed E-state index contributed by atoms with van der Waals surface area (Å²) in [5.74, 6) is -0.0165. The van der Waals surface area contributed by atoms with Gasteiger partial charge in [0.2, 0.25) is 0 Å². The number of urea groups is 1. The highest BCUT2D eigenvalue weighted by Crippen LogP contribution is 2.37. The monoisotopic (exact) mass is 512 g/mol. The minimum atomic E-state index is -5.06. The molecule has 0 aromatic heterocycles. The molecule has 0 aliphatic rings. The van der Waals surface area contributed by atoms with Gasteiger partial charge in [-0.2, -0.15) is 34.8 Å². The van der Waals surface area contributed by atoms with Crippen LogP contribution in [-0.2, 0) is 29.0 Å². The number of nitrogens with zero attached hydrogens (tertiary/aromatic N) is 1. The zero-order chi connectivity index (χ0) is 25.9. The first-order valence-corrected chi connectivity index (χ1v) is 11.7. The van der Waals surface area contributed by atoms with Gasteiger partial charge in [0.25, 0.3) is 0 Å². The summed E-state index contributed by atoms with van der Waals surface area (Å²) >= 11 is 0. The number of carbonyl (C=O) groups is 1. The molecule has 0 spiro atoms. The van der Waals surface area contributed by atoms with Crippen LogP contribution in [0, 0.1) is 0 Å². The third kappa shape index (κ3) is 7.82. The normalized spacial score (nSPS) is 13.3. The number of anilines is 1. The molecular formula is C21H22F6N2O4S. The Kier molecular flexibility index (Phi) is 8.12. The summed E-state index contributed by atoms with van der Waals surface area (Å²) in [5.41, 5.74) is -3.36. The number of halogens is 6. The van der Waals surface area contributed by atoms with Gasteiger partial charge in [-0.1, -0.05) is 19.1 Å². The third-order valence-electron chi connectivity index (χ3n) is 4.72. The van der Waals surface area contributed by atoms with Crippen LogP contribution in [0.15, 0.2) is 42.5 Å². The molecule has 0 saturated heterocycles. The molecule has 0 radical (unpaired) electrons. The lowest BCUT2D eigenvalue weighted by atomic mass is 10.1. The average Bonchev–Trinajstić information content (AvgIpc) is 2.69. The summed E-state index contributed by atoms with van der Waals surface area (Å²) in [6, 6.07) is 5.17. The topological polar surface area (TPSA) is 75.7 Å². The number of carbonyl (C=O) groups excluding carboxylic acids is 1. The molecule has 0 bridgehead atoms. The maximum atomic E-state index is 13.1. The Labute approximate surface area is 192 Å². The van der Waals surface area contributed by atoms with E-state index in [0.29, 0.717) is 24.1 Å². The smallest absolute Gasteiger partial charge is 0.383 e. The Morgan fingerprint density at radius 1 is 1.03 bits per heavy atom. The molecule has 0 aliphatic heterocycles. The van der Waals surface area contributed by atoms with Crippen LogP contribution in [0.1, 0.15) is 37.0 Å². The van der Waals surface area contributed by atoms with Gasteiger partial charge in [-0.3, -0.25) is 0 Å². The fourth-order valence-electron chi connectivity index (χ4n) is 2.94. The van der Waals surface area contributed by atoms with Crippen molar-refractivity contribution < 1.29 is 43.7 Å². The number of benzene rings is 2. The molecule has 0 heterocycles. The summed E-state index contributed by atoms with van der Waals surface area (Å²) in [7, 11) is -3.81. The van der Waals surface area contributed by atoms with Crippen molar-refractivity contribution in [2.75, 3.05) is 11.6 Å². The molecule has 1 atom stereocenters. The van der Waals surface area contributed by atoms with Gasteiger partial charge in [-0.15, -0.1) is 0 Å². The van der Waals surface area contributed by atoms with Gasteiger partial charge in [0.1, 0.15) is 5.75 Å². The zero-order valence-corrected chi connectivity index (χ0v) is 19.1. The molecule has 6 nitrogen and oxygen atoms in total. The Morgan fingerprint density at radius 2 is 1.59 bits per heavy atom. The first-order chi connectivity index (χ1) is 15.5. The van der Waals surface area contributed by atoms with E-state index in [4.69, 9.17) is 4.18 Å². The molecule has 188 valence electrons.